The summed E-state index contributed by atoms with van der Waals surface area (Å²) in [6.07, 6.45) is 0. The van der Waals surface area contributed by atoms with Crippen LogP contribution in [0.4, 0.5) is 0 Å². The molecule has 21 heavy (non-hydrogen) atoms. The zero-order valence-corrected chi connectivity index (χ0v) is 12.3. The van der Waals surface area contributed by atoms with Gasteiger partial charge in [0.2, 0.25) is 0 Å². The van der Waals surface area contributed by atoms with Crippen molar-refractivity contribution < 1.29 is 9.59 Å². The number of carbonyl (C=O) groups is 2. The van der Waals surface area contributed by atoms with E-state index in [2.05, 4.69) is 10.6 Å². The summed E-state index contributed by atoms with van der Waals surface area (Å²) >= 11 is 1.40. The standard InChI is InChI=1S/C15H17N3O2S/c16-7-8-17-14(19)12-5-3-11(4-6-12)10-18-15(20)13-2-1-9-21-13/h1-6,9H,7-8,10,16H2,(H,17,19)(H,18,20). The largest absolute Gasteiger partial charge is 0.351 e. The summed E-state index contributed by atoms with van der Waals surface area (Å²) in [4.78, 5) is 24.2. The van der Waals surface area contributed by atoms with Crippen LogP contribution in [0, 0.1) is 0 Å². The summed E-state index contributed by atoms with van der Waals surface area (Å²) in [6.45, 7) is 1.30. The molecule has 0 radical (unpaired) electrons. The van der Waals surface area contributed by atoms with Crippen LogP contribution in [0.2, 0.25) is 0 Å². The highest BCUT2D eigenvalue weighted by Crippen LogP contribution is 2.09. The van der Waals surface area contributed by atoms with Crippen molar-refractivity contribution in [2.75, 3.05) is 13.1 Å². The molecule has 0 spiro atoms. The maximum absolute atomic E-state index is 11.8. The minimum atomic E-state index is -0.144. The summed E-state index contributed by atoms with van der Waals surface area (Å²) in [5.41, 5.74) is 6.85. The van der Waals surface area contributed by atoms with Gasteiger partial charge in [0.15, 0.2) is 0 Å². The van der Waals surface area contributed by atoms with Crippen molar-refractivity contribution in [1.82, 2.24) is 10.6 Å². The lowest BCUT2D eigenvalue weighted by Crippen LogP contribution is -2.29. The molecular weight excluding hydrogens is 286 g/mol. The van der Waals surface area contributed by atoms with Gasteiger partial charge in [-0.1, -0.05) is 18.2 Å². The zero-order valence-electron chi connectivity index (χ0n) is 11.5. The number of rotatable bonds is 6. The van der Waals surface area contributed by atoms with Gasteiger partial charge in [-0.25, -0.2) is 0 Å². The van der Waals surface area contributed by atoms with Crippen molar-refractivity contribution in [3.8, 4) is 0 Å². The molecule has 1 aromatic heterocycles. The molecule has 0 saturated heterocycles. The Labute approximate surface area is 127 Å². The van der Waals surface area contributed by atoms with Crippen LogP contribution in [-0.2, 0) is 6.54 Å². The van der Waals surface area contributed by atoms with Crippen molar-refractivity contribution in [3.05, 3.63) is 57.8 Å². The maximum atomic E-state index is 11.8. The van der Waals surface area contributed by atoms with E-state index in [1.54, 1.807) is 18.2 Å². The minimum absolute atomic E-state index is 0.0882. The monoisotopic (exact) mass is 303 g/mol. The fourth-order valence-electron chi connectivity index (χ4n) is 1.74. The summed E-state index contributed by atoms with van der Waals surface area (Å²) in [5, 5.41) is 7.41. The van der Waals surface area contributed by atoms with Crippen molar-refractivity contribution in [3.63, 3.8) is 0 Å². The van der Waals surface area contributed by atoms with Crippen molar-refractivity contribution in [1.29, 1.82) is 0 Å². The lowest BCUT2D eigenvalue weighted by molar-refractivity contribution is 0.0945. The first-order chi connectivity index (χ1) is 10.2. The molecular formula is C15H17N3O2S. The number of thiophene rings is 1. The lowest BCUT2D eigenvalue weighted by Gasteiger charge is -2.06. The van der Waals surface area contributed by atoms with E-state index in [1.807, 2.05) is 23.6 Å². The average molecular weight is 303 g/mol. The second kappa shape index (κ2) is 7.56. The van der Waals surface area contributed by atoms with Gasteiger partial charge in [-0.2, -0.15) is 0 Å². The van der Waals surface area contributed by atoms with E-state index >= 15 is 0 Å². The maximum Gasteiger partial charge on any atom is 0.261 e. The summed E-state index contributed by atoms with van der Waals surface area (Å²) < 4.78 is 0. The normalized spacial score (nSPS) is 10.1. The first-order valence-electron chi connectivity index (χ1n) is 6.59. The molecule has 2 rings (SSSR count). The molecule has 0 aliphatic heterocycles. The van der Waals surface area contributed by atoms with Gasteiger partial charge >= 0.3 is 0 Å². The van der Waals surface area contributed by atoms with Gasteiger partial charge in [-0.05, 0) is 29.1 Å². The molecule has 0 atom stereocenters. The van der Waals surface area contributed by atoms with Crippen LogP contribution in [0.25, 0.3) is 0 Å². The molecule has 0 unspecified atom stereocenters. The summed E-state index contributed by atoms with van der Waals surface area (Å²) in [6, 6.07) is 10.7. The molecule has 2 aromatic rings. The lowest BCUT2D eigenvalue weighted by atomic mass is 10.1. The van der Waals surface area contributed by atoms with E-state index < -0.39 is 0 Å². The van der Waals surface area contributed by atoms with Crippen LogP contribution in [0.5, 0.6) is 0 Å². The quantitative estimate of drug-likeness (QED) is 0.753. The Hall–Kier alpha value is -2.18. The number of benzene rings is 1. The molecule has 0 saturated carbocycles. The Morgan fingerprint density at radius 1 is 1.05 bits per heavy atom. The Balaban J connectivity index is 1.87. The first kappa shape index (κ1) is 15.2. The average Bonchev–Trinajstić information content (AvgIpc) is 3.05. The smallest absolute Gasteiger partial charge is 0.261 e. The van der Waals surface area contributed by atoms with Crippen LogP contribution < -0.4 is 16.4 Å². The number of nitrogens with two attached hydrogens (primary N) is 1. The first-order valence-corrected chi connectivity index (χ1v) is 7.47. The highest BCUT2D eigenvalue weighted by molar-refractivity contribution is 7.12. The third-order valence-corrected chi connectivity index (χ3v) is 3.71. The highest BCUT2D eigenvalue weighted by atomic mass is 32.1. The van der Waals surface area contributed by atoms with Gasteiger partial charge in [0.05, 0.1) is 4.88 Å². The molecule has 0 aliphatic rings. The number of hydrogen-bond donors (Lipinski definition) is 3. The molecule has 6 heteroatoms. The second-order valence-electron chi connectivity index (χ2n) is 4.40. The molecule has 1 heterocycles. The summed E-state index contributed by atoms with van der Waals surface area (Å²) in [5.74, 6) is -0.232. The third kappa shape index (κ3) is 4.40. The van der Waals surface area contributed by atoms with Crippen LogP contribution in [0.1, 0.15) is 25.6 Å². The van der Waals surface area contributed by atoms with Gasteiger partial charge in [-0.3, -0.25) is 9.59 Å². The van der Waals surface area contributed by atoms with E-state index in [9.17, 15) is 9.59 Å². The van der Waals surface area contributed by atoms with E-state index in [1.165, 1.54) is 11.3 Å². The molecule has 1 aromatic carbocycles. The molecule has 5 nitrogen and oxygen atoms in total. The predicted molar refractivity (Wildman–Crippen MR) is 83.3 cm³/mol. The van der Waals surface area contributed by atoms with E-state index in [0.717, 1.165) is 5.56 Å². The van der Waals surface area contributed by atoms with Crippen LogP contribution in [-0.4, -0.2) is 24.9 Å². The van der Waals surface area contributed by atoms with Gasteiger partial charge in [0.1, 0.15) is 0 Å². The molecule has 0 bridgehead atoms. The van der Waals surface area contributed by atoms with Crippen molar-refractivity contribution in [2.45, 2.75) is 6.54 Å². The number of hydrogen-bond acceptors (Lipinski definition) is 4. The van der Waals surface area contributed by atoms with Crippen LogP contribution in [0.15, 0.2) is 41.8 Å². The van der Waals surface area contributed by atoms with E-state index in [-0.39, 0.29) is 11.8 Å². The molecule has 4 N–H and O–H groups in total. The van der Waals surface area contributed by atoms with E-state index in [0.29, 0.717) is 30.1 Å². The van der Waals surface area contributed by atoms with Gasteiger partial charge in [0.25, 0.3) is 11.8 Å². The highest BCUT2D eigenvalue weighted by Gasteiger charge is 2.07. The SMILES string of the molecule is NCCNC(=O)c1ccc(CNC(=O)c2cccs2)cc1. The Morgan fingerprint density at radius 2 is 1.81 bits per heavy atom. The third-order valence-electron chi connectivity index (χ3n) is 2.84. The van der Waals surface area contributed by atoms with Crippen molar-refractivity contribution >= 4 is 23.2 Å². The Morgan fingerprint density at radius 3 is 2.43 bits per heavy atom. The Bertz CT molecular complexity index is 594. The van der Waals surface area contributed by atoms with E-state index in [4.69, 9.17) is 5.73 Å². The number of nitrogens with one attached hydrogen (secondary N) is 2. The summed E-state index contributed by atoms with van der Waals surface area (Å²) in [7, 11) is 0. The van der Waals surface area contributed by atoms with Gasteiger partial charge < -0.3 is 16.4 Å². The van der Waals surface area contributed by atoms with Gasteiger partial charge in [-0.15, -0.1) is 11.3 Å². The second-order valence-corrected chi connectivity index (χ2v) is 5.35. The Kier molecular flexibility index (Phi) is 5.48. The zero-order chi connectivity index (χ0) is 15.1. The van der Waals surface area contributed by atoms with Crippen molar-refractivity contribution in [2.24, 2.45) is 5.73 Å². The van der Waals surface area contributed by atoms with Crippen LogP contribution >= 0.6 is 11.3 Å². The fraction of sp³-hybridized carbons (Fsp3) is 0.200. The number of amides is 2. The molecule has 2 amide bonds. The molecule has 0 fully saturated rings. The number of carbonyl (C=O) groups excluding carboxylic acids is 2. The topological polar surface area (TPSA) is 84.2 Å². The minimum Gasteiger partial charge on any atom is -0.351 e. The van der Waals surface area contributed by atoms with Crippen LogP contribution in [0.3, 0.4) is 0 Å². The predicted octanol–water partition coefficient (Wildman–Crippen LogP) is 1.37. The van der Waals surface area contributed by atoms with Gasteiger partial charge in [0, 0.05) is 25.2 Å². The molecule has 110 valence electrons. The molecule has 0 aliphatic carbocycles. The fourth-order valence-corrected chi connectivity index (χ4v) is 2.38.